The quantitative estimate of drug-likeness (QED) is 0.718. The Balaban J connectivity index is 1.60. The van der Waals surface area contributed by atoms with Crippen molar-refractivity contribution >= 4 is 17.6 Å². The molecule has 0 aliphatic carbocycles. The van der Waals surface area contributed by atoms with E-state index in [9.17, 15) is 9.59 Å². The first-order valence-corrected chi connectivity index (χ1v) is 9.95. The molecule has 0 saturated carbocycles. The fraction of sp³-hybridized carbons (Fsp3) is 0.391. The van der Waals surface area contributed by atoms with Crippen LogP contribution in [0.4, 0.5) is 5.69 Å². The predicted molar refractivity (Wildman–Crippen MR) is 110 cm³/mol. The molecule has 1 atom stereocenters. The number of rotatable bonds is 6. The Kier molecular flexibility index (Phi) is 6.34. The summed E-state index contributed by atoms with van der Waals surface area (Å²) < 4.78 is 5.45. The van der Waals surface area contributed by atoms with Crippen molar-refractivity contribution in [3.05, 3.63) is 65.2 Å². The van der Waals surface area contributed by atoms with E-state index in [4.69, 9.17) is 4.74 Å². The Bertz CT molecular complexity index is 828. The number of esters is 1. The van der Waals surface area contributed by atoms with Gasteiger partial charge in [-0.15, -0.1) is 0 Å². The summed E-state index contributed by atoms with van der Waals surface area (Å²) in [5, 5.41) is 0. The highest BCUT2D eigenvalue weighted by molar-refractivity contribution is 5.92. The molecule has 0 saturated heterocycles. The summed E-state index contributed by atoms with van der Waals surface area (Å²) in [6.07, 6.45) is 0.0234. The zero-order chi connectivity index (χ0) is 20.1. The second-order valence-electron chi connectivity index (χ2n) is 7.05. The largest absolute Gasteiger partial charge is 0.449 e. The molecule has 1 unspecified atom stereocenters. The van der Waals surface area contributed by atoms with E-state index < -0.39 is 12.1 Å². The molecule has 5 heteroatoms. The number of ether oxygens (including phenoxy) is 1. The average Bonchev–Trinajstić information content (AvgIpc) is 2.74. The van der Waals surface area contributed by atoms with Crippen LogP contribution < -0.4 is 4.90 Å². The summed E-state index contributed by atoms with van der Waals surface area (Å²) in [4.78, 5) is 29.2. The molecular weight excluding hydrogens is 352 g/mol. The van der Waals surface area contributed by atoms with E-state index in [1.165, 1.54) is 5.56 Å². The van der Waals surface area contributed by atoms with Gasteiger partial charge in [0.1, 0.15) is 0 Å². The van der Waals surface area contributed by atoms with Crippen LogP contribution >= 0.6 is 0 Å². The third kappa shape index (κ3) is 4.35. The van der Waals surface area contributed by atoms with Crippen LogP contribution in [0.5, 0.6) is 0 Å². The van der Waals surface area contributed by atoms with Gasteiger partial charge < -0.3 is 14.5 Å². The minimum atomic E-state index is -0.805. The summed E-state index contributed by atoms with van der Waals surface area (Å²) in [7, 11) is 0. The number of benzene rings is 2. The van der Waals surface area contributed by atoms with Gasteiger partial charge in [0.05, 0.1) is 5.56 Å². The molecule has 148 valence electrons. The fourth-order valence-electron chi connectivity index (χ4n) is 3.62. The van der Waals surface area contributed by atoms with E-state index in [0.29, 0.717) is 18.7 Å². The molecule has 2 aromatic rings. The van der Waals surface area contributed by atoms with Crippen molar-refractivity contribution in [2.45, 2.75) is 39.8 Å². The van der Waals surface area contributed by atoms with Crippen LogP contribution in [0.25, 0.3) is 0 Å². The summed E-state index contributed by atoms with van der Waals surface area (Å²) in [5.41, 5.74) is 3.97. The molecule has 0 bridgehead atoms. The van der Waals surface area contributed by atoms with Crippen molar-refractivity contribution in [3.8, 4) is 0 Å². The molecule has 28 heavy (non-hydrogen) atoms. The van der Waals surface area contributed by atoms with Gasteiger partial charge in [0.2, 0.25) is 0 Å². The van der Waals surface area contributed by atoms with Gasteiger partial charge in [-0.05, 0) is 62.6 Å². The van der Waals surface area contributed by atoms with E-state index in [2.05, 4.69) is 24.8 Å². The van der Waals surface area contributed by atoms with Crippen LogP contribution in [0.1, 0.15) is 42.3 Å². The number of amides is 1. The van der Waals surface area contributed by atoms with Gasteiger partial charge in [0, 0.05) is 31.9 Å². The molecule has 3 rings (SSSR count). The van der Waals surface area contributed by atoms with Crippen LogP contribution in [-0.2, 0) is 22.5 Å². The number of carbonyl (C=O) groups excluding carboxylic acids is 2. The molecule has 0 N–H and O–H groups in total. The molecule has 5 nitrogen and oxygen atoms in total. The molecule has 1 amide bonds. The number of nitrogens with zero attached hydrogens (tertiary/aromatic N) is 2. The van der Waals surface area contributed by atoms with Crippen LogP contribution in [0.2, 0.25) is 0 Å². The number of anilines is 1. The maximum absolute atomic E-state index is 12.7. The summed E-state index contributed by atoms with van der Waals surface area (Å²) >= 11 is 0. The Labute approximate surface area is 166 Å². The van der Waals surface area contributed by atoms with Crippen LogP contribution in [0.15, 0.2) is 48.5 Å². The lowest BCUT2D eigenvalue weighted by Gasteiger charge is -2.30. The molecule has 0 radical (unpaired) electrons. The van der Waals surface area contributed by atoms with Crippen molar-refractivity contribution in [2.24, 2.45) is 0 Å². The first kappa shape index (κ1) is 19.9. The SMILES string of the molecule is CCN(CC)c1ccc(C(=O)OC(C)C(=O)N2CCc3ccccc3C2)cc1. The maximum Gasteiger partial charge on any atom is 0.338 e. The van der Waals surface area contributed by atoms with Gasteiger partial charge in [-0.3, -0.25) is 4.79 Å². The Hall–Kier alpha value is -2.82. The monoisotopic (exact) mass is 380 g/mol. The zero-order valence-electron chi connectivity index (χ0n) is 16.9. The van der Waals surface area contributed by atoms with Crippen molar-refractivity contribution in [3.63, 3.8) is 0 Å². The van der Waals surface area contributed by atoms with Crippen molar-refractivity contribution in [1.82, 2.24) is 4.90 Å². The highest BCUT2D eigenvalue weighted by Gasteiger charge is 2.27. The fourth-order valence-corrected chi connectivity index (χ4v) is 3.62. The third-order valence-corrected chi connectivity index (χ3v) is 5.31. The molecule has 0 aromatic heterocycles. The Morgan fingerprint density at radius 3 is 2.32 bits per heavy atom. The average molecular weight is 380 g/mol. The zero-order valence-corrected chi connectivity index (χ0v) is 16.9. The lowest BCUT2D eigenvalue weighted by Crippen LogP contribution is -2.42. The molecule has 1 heterocycles. The Morgan fingerprint density at radius 2 is 1.68 bits per heavy atom. The van der Waals surface area contributed by atoms with Crippen molar-refractivity contribution in [1.29, 1.82) is 0 Å². The molecule has 0 fully saturated rings. The summed E-state index contributed by atoms with van der Waals surface area (Å²) in [5.74, 6) is -0.619. The summed E-state index contributed by atoms with van der Waals surface area (Å²) in [6.45, 7) is 8.86. The number of fused-ring (bicyclic) bond motifs is 1. The first-order valence-electron chi connectivity index (χ1n) is 9.95. The first-order chi connectivity index (χ1) is 13.5. The van der Waals surface area contributed by atoms with Gasteiger partial charge in [0.15, 0.2) is 6.10 Å². The molecule has 2 aromatic carbocycles. The standard InChI is InChI=1S/C23H28N2O3/c1-4-24(5-2)21-12-10-19(11-13-21)23(27)28-17(3)22(26)25-15-14-18-8-6-7-9-20(18)16-25/h6-13,17H,4-5,14-16H2,1-3H3. The normalized spacial score (nSPS) is 14.2. The minimum Gasteiger partial charge on any atom is -0.449 e. The van der Waals surface area contributed by atoms with Crippen LogP contribution in [0.3, 0.4) is 0 Å². The minimum absolute atomic E-state index is 0.150. The van der Waals surface area contributed by atoms with Gasteiger partial charge in [0.25, 0.3) is 5.91 Å². The van der Waals surface area contributed by atoms with E-state index in [1.807, 2.05) is 30.3 Å². The maximum atomic E-state index is 12.7. The molecular formula is C23H28N2O3. The van der Waals surface area contributed by atoms with E-state index in [-0.39, 0.29) is 5.91 Å². The van der Waals surface area contributed by atoms with Crippen LogP contribution in [-0.4, -0.2) is 42.5 Å². The third-order valence-electron chi connectivity index (χ3n) is 5.31. The second-order valence-corrected chi connectivity index (χ2v) is 7.05. The van der Waals surface area contributed by atoms with Crippen LogP contribution in [0, 0.1) is 0 Å². The summed E-state index contributed by atoms with van der Waals surface area (Å²) in [6, 6.07) is 15.5. The van der Waals surface area contributed by atoms with Crippen molar-refractivity contribution in [2.75, 3.05) is 24.5 Å². The van der Waals surface area contributed by atoms with Gasteiger partial charge in [-0.2, -0.15) is 0 Å². The van der Waals surface area contributed by atoms with E-state index in [0.717, 1.165) is 30.8 Å². The number of hydrogen-bond donors (Lipinski definition) is 0. The topological polar surface area (TPSA) is 49.9 Å². The van der Waals surface area contributed by atoms with Crippen molar-refractivity contribution < 1.29 is 14.3 Å². The molecule has 1 aliphatic heterocycles. The van der Waals surface area contributed by atoms with Gasteiger partial charge >= 0.3 is 5.97 Å². The Morgan fingerprint density at radius 1 is 1.04 bits per heavy atom. The second kappa shape index (κ2) is 8.91. The van der Waals surface area contributed by atoms with Gasteiger partial charge in [-0.1, -0.05) is 24.3 Å². The number of carbonyl (C=O) groups is 2. The number of hydrogen-bond acceptors (Lipinski definition) is 4. The lowest BCUT2D eigenvalue weighted by molar-refractivity contribution is -0.140. The lowest BCUT2D eigenvalue weighted by atomic mass is 9.99. The molecule has 1 aliphatic rings. The highest BCUT2D eigenvalue weighted by atomic mass is 16.5. The van der Waals surface area contributed by atoms with Gasteiger partial charge in [-0.25, -0.2) is 4.79 Å². The van der Waals surface area contributed by atoms with E-state index >= 15 is 0 Å². The van der Waals surface area contributed by atoms with E-state index in [1.54, 1.807) is 24.0 Å². The highest BCUT2D eigenvalue weighted by Crippen LogP contribution is 2.20. The molecule has 0 spiro atoms. The smallest absolute Gasteiger partial charge is 0.338 e. The predicted octanol–water partition coefficient (Wildman–Crippen LogP) is 3.66.